The van der Waals surface area contributed by atoms with Gasteiger partial charge in [-0.05, 0) is 51.0 Å². The number of aromatic hydroxyl groups is 1. The number of phenolic OH excluding ortho intramolecular Hbond substituents is 1. The molecule has 2 heterocycles. The molecule has 0 spiro atoms. The highest BCUT2D eigenvalue weighted by atomic mass is 32.2. The quantitative estimate of drug-likeness (QED) is 0.842. The number of nitrogens with zero attached hydrogens (tertiary/aromatic N) is 3. The van der Waals surface area contributed by atoms with Crippen molar-refractivity contribution < 1.29 is 18.3 Å². The van der Waals surface area contributed by atoms with Gasteiger partial charge in [0.15, 0.2) is 0 Å². The Morgan fingerprint density at radius 3 is 2.35 bits per heavy atom. The van der Waals surface area contributed by atoms with Gasteiger partial charge in [0.05, 0.1) is 10.5 Å². The summed E-state index contributed by atoms with van der Waals surface area (Å²) in [7, 11) is -3.69. The zero-order valence-electron chi connectivity index (χ0n) is 14.6. The van der Waals surface area contributed by atoms with E-state index in [1.807, 2.05) is 0 Å². The second-order valence-electron chi connectivity index (χ2n) is 6.22. The topological polar surface area (TPSA) is 112 Å². The highest BCUT2D eigenvalue weighted by Crippen LogP contribution is 2.26. The number of hydrogen-bond donors (Lipinski definition) is 2. The number of rotatable bonds is 4. The number of nitrogens with one attached hydrogen (secondary N) is 1. The summed E-state index contributed by atoms with van der Waals surface area (Å²) in [4.78, 5) is 20.7. The van der Waals surface area contributed by atoms with Gasteiger partial charge in [0.1, 0.15) is 5.75 Å². The maximum atomic E-state index is 12.7. The Kier molecular flexibility index (Phi) is 4.92. The van der Waals surface area contributed by atoms with E-state index in [0.717, 1.165) is 12.8 Å². The Morgan fingerprint density at radius 1 is 1.12 bits per heavy atom. The molecular formula is C17H20N4O4S. The first-order valence-corrected chi connectivity index (χ1v) is 9.68. The molecule has 0 aliphatic carbocycles. The van der Waals surface area contributed by atoms with Gasteiger partial charge in [-0.3, -0.25) is 10.1 Å². The van der Waals surface area contributed by atoms with Crippen LogP contribution in [-0.4, -0.2) is 46.8 Å². The lowest BCUT2D eigenvalue weighted by Crippen LogP contribution is -2.28. The molecule has 1 aliphatic rings. The molecule has 2 N–H and O–H groups in total. The summed E-state index contributed by atoms with van der Waals surface area (Å²) in [5, 5.41) is 12.5. The molecule has 1 amide bonds. The molecule has 1 aromatic carbocycles. The molecule has 0 bridgehead atoms. The van der Waals surface area contributed by atoms with Gasteiger partial charge in [-0.15, -0.1) is 0 Å². The smallest absolute Gasteiger partial charge is 0.261 e. The predicted octanol–water partition coefficient (Wildman–Crippen LogP) is 1.84. The summed E-state index contributed by atoms with van der Waals surface area (Å²) < 4.78 is 26.7. The van der Waals surface area contributed by atoms with Gasteiger partial charge in [0.25, 0.3) is 5.91 Å². The zero-order chi connectivity index (χ0) is 18.9. The maximum Gasteiger partial charge on any atom is 0.261 e. The molecule has 26 heavy (non-hydrogen) atoms. The lowest BCUT2D eigenvalue weighted by molar-refractivity contribution is 0.102. The minimum Gasteiger partial charge on any atom is -0.507 e. The van der Waals surface area contributed by atoms with Gasteiger partial charge >= 0.3 is 0 Å². The first-order chi connectivity index (χ1) is 12.3. The molecule has 3 rings (SSSR count). The summed E-state index contributed by atoms with van der Waals surface area (Å²) >= 11 is 0. The first kappa shape index (κ1) is 18.3. The van der Waals surface area contributed by atoms with Crippen molar-refractivity contribution in [1.29, 1.82) is 0 Å². The standard InChI is InChI=1S/C17H20N4O4S/c1-11-9-12(2)19-17(18-11)20-16(23)14-10-13(5-6-15(14)22)26(24,25)21-7-3-4-8-21/h5-6,9-10,22H,3-4,7-8H2,1-2H3,(H,18,19,20,23). The van der Waals surface area contributed by atoms with Crippen molar-refractivity contribution in [2.75, 3.05) is 18.4 Å². The fraction of sp³-hybridized carbons (Fsp3) is 0.353. The molecule has 1 aliphatic heterocycles. The van der Waals surface area contributed by atoms with Crippen LogP contribution in [0.2, 0.25) is 0 Å². The third-order valence-electron chi connectivity index (χ3n) is 4.12. The van der Waals surface area contributed by atoms with Gasteiger partial charge in [-0.1, -0.05) is 0 Å². The van der Waals surface area contributed by atoms with Crippen LogP contribution in [0.4, 0.5) is 5.95 Å². The minimum absolute atomic E-state index is 0.0244. The SMILES string of the molecule is Cc1cc(C)nc(NC(=O)c2cc(S(=O)(=O)N3CCCC3)ccc2O)n1. The summed E-state index contributed by atoms with van der Waals surface area (Å²) in [5.41, 5.74) is 1.22. The van der Waals surface area contributed by atoms with E-state index in [9.17, 15) is 18.3 Å². The molecule has 9 heteroatoms. The molecule has 138 valence electrons. The number of hydrogen-bond acceptors (Lipinski definition) is 6. The van der Waals surface area contributed by atoms with E-state index in [0.29, 0.717) is 24.5 Å². The normalized spacial score (nSPS) is 15.2. The van der Waals surface area contributed by atoms with E-state index in [2.05, 4.69) is 15.3 Å². The molecule has 1 fully saturated rings. The Labute approximate surface area is 152 Å². The monoisotopic (exact) mass is 376 g/mol. The van der Waals surface area contributed by atoms with Crippen LogP contribution in [0.15, 0.2) is 29.2 Å². The van der Waals surface area contributed by atoms with Crippen LogP contribution in [0.25, 0.3) is 0 Å². The number of sulfonamides is 1. The van der Waals surface area contributed by atoms with Crippen LogP contribution < -0.4 is 5.32 Å². The van der Waals surface area contributed by atoms with Crippen molar-refractivity contribution in [2.24, 2.45) is 0 Å². The Morgan fingerprint density at radius 2 is 1.73 bits per heavy atom. The molecule has 0 unspecified atom stereocenters. The molecule has 1 aromatic heterocycles. The van der Waals surface area contributed by atoms with Crippen molar-refractivity contribution in [3.05, 3.63) is 41.2 Å². The average molecular weight is 376 g/mol. The fourth-order valence-corrected chi connectivity index (χ4v) is 4.43. The van der Waals surface area contributed by atoms with Crippen molar-refractivity contribution >= 4 is 21.9 Å². The van der Waals surface area contributed by atoms with Gasteiger partial charge in [-0.2, -0.15) is 4.31 Å². The summed E-state index contributed by atoms with van der Waals surface area (Å²) in [6, 6.07) is 5.45. The van der Waals surface area contributed by atoms with Gasteiger partial charge in [0.2, 0.25) is 16.0 Å². The molecule has 0 saturated carbocycles. The fourth-order valence-electron chi connectivity index (χ4n) is 2.89. The Hall–Kier alpha value is -2.52. The lowest BCUT2D eigenvalue weighted by Gasteiger charge is -2.16. The third kappa shape index (κ3) is 3.68. The van der Waals surface area contributed by atoms with Crippen LogP contribution in [-0.2, 0) is 10.0 Å². The second-order valence-corrected chi connectivity index (χ2v) is 8.16. The van der Waals surface area contributed by atoms with E-state index in [4.69, 9.17) is 0 Å². The average Bonchev–Trinajstić information content (AvgIpc) is 3.09. The molecule has 8 nitrogen and oxygen atoms in total. The molecular weight excluding hydrogens is 356 g/mol. The lowest BCUT2D eigenvalue weighted by atomic mass is 10.2. The van der Waals surface area contributed by atoms with Crippen molar-refractivity contribution in [3.8, 4) is 5.75 Å². The second kappa shape index (κ2) is 7.00. The van der Waals surface area contributed by atoms with Crippen molar-refractivity contribution in [3.63, 3.8) is 0 Å². The van der Waals surface area contributed by atoms with E-state index in [1.165, 1.54) is 22.5 Å². The van der Waals surface area contributed by atoms with Crippen molar-refractivity contribution in [2.45, 2.75) is 31.6 Å². The number of anilines is 1. The van der Waals surface area contributed by atoms with Gasteiger partial charge in [-0.25, -0.2) is 18.4 Å². The summed E-state index contributed by atoms with van der Waals surface area (Å²) in [6.45, 7) is 4.46. The van der Waals surface area contributed by atoms with E-state index in [-0.39, 0.29) is 22.2 Å². The zero-order valence-corrected chi connectivity index (χ0v) is 15.4. The first-order valence-electron chi connectivity index (χ1n) is 8.24. The largest absolute Gasteiger partial charge is 0.507 e. The van der Waals surface area contributed by atoms with Crippen LogP contribution in [0.1, 0.15) is 34.6 Å². The van der Waals surface area contributed by atoms with Crippen LogP contribution >= 0.6 is 0 Å². The molecule has 2 aromatic rings. The Bertz CT molecular complexity index is 933. The highest BCUT2D eigenvalue weighted by molar-refractivity contribution is 7.89. The van der Waals surface area contributed by atoms with Crippen molar-refractivity contribution in [1.82, 2.24) is 14.3 Å². The van der Waals surface area contributed by atoms with Crippen LogP contribution in [0, 0.1) is 13.8 Å². The van der Waals surface area contributed by atoms with E-state index >= 15 is 0 Å². The van der Waals surface area contributed by atoms with E-state index in [1.54, 1.807) is 19.9 Å². The summed E-state index contributed by atoms with van der Waals surface area (Å²) in [6.07, 6.45) is 1.63. The van der Waals surface area contributed by atoms with E-state index < -0.39 is 15.9 Å². The van der Waals surface area contributed by atoms with Crippen LogP contribution in [0.5, 0.6) is 5.75 Å². The summed E-state index contributed by atoms with van der Waals surface area (Å²) in [5.74, 6) is -0.891. The number of carbonyl (C=O) groups excluding carboxylic acids is 1. The number of aromatic nitrogens is 2. The van der Waals surface area contributed by atoms with Gasteiger partial charge in [0, 0.05) is 24.5 Å². The number of amides is 1. The minimum atomic E-state index is -3.69. The third-order valence-corrected chi connectivity index (χ3v) is 6.02. The number of benzene rings is 1. The molecule has 1 saturated heterocycles. The maximum absolute atomic E-state index is 12.7. The number of aryl methyl sites for hydroxylation is 2. The van der Waals surface area contributed by atoms with Crippen LogP contribution in [0.3, 0.4) is 0 Å². The highest BCUT2D eigenvalue weighted by Gasteiger charge is 2.28. The molecule has 0 atom stereocenters. The Balaban J connectivity index is 1.91. The predicted molar refractivity (Wildman–Crippen MR) is 95.6 cm³/mol. The molecule has 0 radical (unpaired) electrons. The number of carbonyl (C=O) groups is 1. The number of phenols is 1. The van der Waals surface area contributed by atoms with Gasteiger partial charge < -0.3 is 5.11 Å².